The highest BCUT2D eigenvalue weighted by atomic mass is 32.1. The summed E-state index contributed by atoms with van der Waals surface area (Å²) in [5, 5.41) is 3.33. The van der Waals surface area contributed by atoms with Crippen LogP contribution in [-0.2, 0) is 13.5 Å². The first kappa shape index (κ1) is 17.4. The highest BCUT2D eigenvalue weighted by Gasteiger charge is 2.12. The monoisotopic (exact) mass is 354 g/mol. The van der Waals surface area contributed by atoms with Gasteiger partial charge in [-0.2, -0.15) is 0 Å². The number of thiocarbonyl (C=S) groups is 1. The number of hydrogen-bond donors (Lipinski definition) is 1. The van der Waals surface area contributed by atoms with Crippen molar-refractivity contribution in [1.29, 1.82) is 0 Å². The number of nitrogens with one attached hydrogen (secondary N) is 1. The number of fused-ring (bicyclic) bond motifs is 1. The van der Waals surface area contributed by atoms with Crippen LogP contribution in [0.5, 0.6) is 5.75 Å². The fraction of sp³-hybridized carbons (Fsp3) is 0.316. The van der Waals surface area contributed by atoms with E-state index in [1.807, 2.05) is 46.0 Å². The number of para-hydroxylation sites is 1. The first-order chi connectivity index (χ1) is 12.0. The van der Waals surface area contributed by atoms with Crippen LogP contribution in [0.15, 0.2) is 36.7 Å². The molecule has 0 fully saturated rings. The molecule has 130 valence electrons. The van der Waals surface area contributed by atoms with Gasteiger partial charge in [-0.25, -0.2) is 4.98 Å². The van der Waals surface area contributed by atoms with Gasteiger partial charge in [-0.1, -0.05) is 18.3 Å². The summed E-state index contributed by atoms with van der Waals surface area (Å²) in [7, 11) is 2.01. The van der Waals surface area contributed by atoms with Crippen LogP contribution in [0, 0.1) is 6.92 Å². The summed E-state index contributed by atoms with van der Waals surface area (Å²) >= 11 is 5.56. The largest absolute Gasteiger partial charge is 0.491 e. The summed E-state index contributed by atoms with van der Waals surface area (Å²) in [6, 6.07) is 7.93. The number of rotatable bonds is 5. The van der Waals surface area contributed by atoms with Crippen LogP contribution in [0.3, 0.4) is 0 Å². The molecule has 0 spiro atoms. The number of aromatic nitrogens is 3. The van der Waals surface area contributed by atoms with Crippen molar-refractivity contribution in [3.63, 3.8) is 0 Å². The highest BCUT2D eigenvalue weighted by Crippen LogP contribution is 2.24. The molecule has 5 nitrogen and oxygen atoms in total. The van der Waals surface area contributed by atoms with Crippen molar-refractivity contribution in [3.05, 3.63) is 48.0 Å². The lowest BCUT2D eigenvalue weighted by molar-refractivity contribution is 0.240. The standard InChI is InChI=1S/C19H22N4OS/c1-12(2)24-17-8-9-20-11-14(17)10-18(25)22-15-6-5-7-16-19(15)21-13(3)23(16)4/h5-9,11-12H,10H2,1-4H3,(H,22,25). The average Bonchev–Trinajstić information content (AvgIpc) is 2.85. The van der Waals surface area contributed by atoms with E-state index in [2.05, 4.69) is 25.9 Å². The van der Waals surface area contributed by atoms with Crippen molar-refractivity contribution in [2.45, 2.75) is 33.3 Å². The van der Waals surface area contributed by atoms with Crippen LogP contribution >= 0.6 is 12.2 Å². The van der Waals surface area contributed by atoms with Crippen molar-refractivity contribution in [2.24, 2.45) is 7.05 Å². The van der Waals surface area contributed by atoms with E-state index < -0.39 is 0 Å². The minimum atomic E-state index is 0.105. The Morgan fingerprint density at radius 2 is 2.12 bits per heavy atom. The maximum absolute atomic E-state index is 5.84. The Hall–Kier alpha value is -2.47. The Balaban J connectivity index is 1.81. The molecule has 0 saturated heterocycles. The second kappa shape index (κ2) is 7.19. The van der Waals surface area contributed by atoms with Crippen molar-refractivity contribution in [1.82, 2.24) is 14.5 Å². The Bertz CT molecular complexity index is 917. The van der Waals surface area contributed by atoms with Gasteiger partial charge < -0.3 is 14.6 Å². The summed E-state index contributed by atoms with van der Waals surface area (Å²) in [6.45, 7) is 6.00. The normalized spacial score (nSPS) is 11.1. The van der Waals surface area contributed by atoms with Crippen LogP contribution in [0.1, 0.15) is 25.2 Å². The Kier molecular flexibility index (Phi) is 4.99. The molecule has 0 bridgehead atoms. The topological polar surface area (TPSA) is 52.0 Å². The zero-order valence-electron chi connectivity index (χ0n) is 14.9. The molecule has 0 unspecified atom stereocenters. The lowest BCUT2D eigenvalue weighted by Crippen LogP contribution is -2.15. The average molecular weight is 354 g/mol. The third kappa shape index (κ3) is 3.79. The molecule has 3 aromatic rings. The molecule has 0 radical (unpaired) electrons. The molecule has 3 rings (SSSR count). The summed E-state index contributed by atoms with van der Waals surface area (Å²) in [5.74, 6) is 1.79. The SMILES string of the molecule is Cc1nc2c(NC(=S)Cc3cnccc3OC(C)C)cccc2n1C. The van der Waals surface area contributed by atoms with Crippen molar-refractivity contribution >= 4 is 33.9 Å². The Morgan fingerprint density at radius 1 is 1.32 bits per heavy atom. The van der Waals surface area contributed by atoms with E-state index >= 15 is 0 Å². The summed E-state index contributed by atoms with van der Waals surface area (Å²) < 4.78 is 7.91. The van der Waals surface area contributed by atoms with Crippen molar-refractivity contribution in [2.75, 3.05) is 5.32 Å². The van der Waals surface area contributed by atoms with E-state index in [0.29, 0.717) is 11.4 Å². The molecule has 25 heavy (non-hydrogen) atoms. The lowest BCUT2D eigenvalue weighted by atomic mass is 10.2. The molecule has 2 aromatic heterocycles. The van der Waals surface area contributed by atoms with Crippen LogP contribution in [0.2, 0.25) is 0 Å². The van der Waals surface area contributed by atoms with E-state index in [9.17, 15) is 0 Å². The molecule has 0 amide bonds. The first-order valence-corrected chi connectivity index (χ1v) is 8.68. The molecule has 0 aliphatic rings. The Morgan fingerprint density at radius 3 is 2.88 bits per heavy atom. The number of hydrogen-bond acceptors (Lipinski definition) is 4. The molecule has 0 atom stereocenters. The van der Waals surface area contributed by atoms with Gasteiger partial charge in [0.15, 0.2) is 0 Å². The van der Waals surface area contributed by atoms with E-state index in [1.54, 1.807) is 12.4 Å². The van der Waals surface area contributed by atoms with Gasteiger partial charge in [-0.15, -0.1) is 0 Å². The van der Waals surface area contributed by atoms with Crippen LogP contribution in [0.4, 0.5) is 5.69 Å². The molecule has 1 aromatic carbocycles. The minimum absolute atomic E-state index is 0.105. The molecule has 6 heteroatoms. The summed E-state index contributed by atoms with van der Waals surface area (Å²) in [4.78, 5) is 9.53. The fourth-order valence-corrected chi connectivity index (χ4v) is 2.98. The number of ether oxygens (including phenoxy) is 1. The maximum Gasteiger partial charge on any atom is 0.126 e. The van der Waals surface area contributed by atoms with Gasteiger partial charge in [-0.05, 0) is 39.0 Å². The van der Waals surface area contributed by atoms with E-state index in [4.69, 9.17) is 17.0 Å². The zero-order valence-corrected chi connectivity index (χ0v) is 15.7. The third-order valence-electron chi connectivity index (χ3n) is 3.98. The van der Waals surface area contributed by atoms with Gasteiger partial charge in [0.25, 0.3) is 0 Å². The second-order valence-corrected chi connectivity index (χ2v) is 6.76. The van der Waals surface area contributed by atoms with Crippen molar-refractivity contribution in [3.8, 4) is 5.75 Å². The maximum atomic E-state index is 5.84. The van der Waals surface area contributed by atoms with Crippen LogP contribution < -0.4 is 10.1 Å². The van der Waals surface area contributed by atoms with Gasteiger partial charge in [-0.3, -0.25) is 4.98 Å². The minimum Gasteiger partial charge on any atom is -0.491 e. The quantitative estimate of drug-likeness (QED) is 0.701. The highest BCUT2D eigenvalue weighted by molar-refractivity contribution is 7.80. The van der Waals surface area contributed by atoms with Gasteiger partial charge >= 0.3 is 0 Å². The summed E-state index contributed by atoms with van der Waals surface area (Å²) in [5.41, 5.74) is 3.89. The third-order valence-corrected chi connectivity index (χ3v) is 4.23. The number of pyridine rings is 1. The predicted octanol–water partition coefficient (Wildman–Crippen LogP) is 4.05. The molecule has 0 aliphatic carbocycles. The van der Waals surface area contributed by atoms with Crippen molar-refractivity contribution < 1.29 is 4.74 Å². The first-order valence-electron chi connectivity index (χ1n) is 8.27. The van der Waals surface area contributed by atoms with Gasteiger partial charge in [0.1, 0.15) is 17.1 Å². The smallest absolute Gasteiger partial charge is 0.126 e. The molecular weight excluding hydrogens is 332 g/mol. The van der Waals surface area contributed by atoms with E-state index in [-0.39, 0.29) is 6.10 Å². The van der Waals surface area contributed by atoms with Crippen LogP contribution in [0.25, 0.3) is 11.0 Å². The number of anilines is 1. The fourth-order valence-electron chi connectivity index (χ4n) is 2.71. The molecular formula is C19H22N4OS. The number of benzene rings is 1. The van der Waals surface area contributed by atoms with Gasteiger partial charge in [0.05, 0.1) is 22.3 Å². The molecule has 0 aliphatic heterocycles. The number of aryl methyl sites for hydroxylation is 2. The molecule has 0 saturated carbocycles. The number of nitrogens with zero attached hydrogens (tertiary/aromatic N) is 3. The predicted molar refractivity (Wildman–Crippen MR) is 105 cm³/mol. The van der Waals surface area contributed by atoms with Gasteiger partial charge in [0.2, 0.25) is 0 Å². The zero-order chi connectivity index (χ0) is 18.0. The van der Waals surface area contributed by atoms with Gasteiger partial charge in [0, 0.05) is 31.4 Å². The summed E-state index contributed by atoms with van der Waals surface area (Å²) in [6.07, 6.45) is 4.20. The molecule has 2 heterocycles. The number of imidazole rings is 1. The van der Waals surface area contributed by atoms with E-state index in [0.717, 1.165) is 33.9 Å². The molecule has 1 N–H and O–H groups in total. The van der Waals surface area contributed by atoms with Crippen LogP contribution in [-0.4, -0.2) is 25.6 Å². The van der Waals surface area contributed by atoms with E-state index in [1.165, 1.54) is 0 Å². The Labute approximate surface area is 153 Å². The second-order valence-electron chi connectivity index (χ2n) is 6.27. The lowest BCUT2D eigenvalue weighted by Gasteiger charge is -2.15.